The van der Waals surface area contributed by atoms with Crippen molar-refractivity contribution >= 4 is 12.4 Å². The minimum atomic E-state index is -3.43. The van der Waals surface area contributed by atoms with Gasteiger partial charge in [0.15, 0.2) is 0 Å². The van der Waals surface area contributed by atoms with E-state index in [1.165, 1.54) is 31.3 Å². The molecule has 1 aromatic rings. The highest BCUT2D eigenvalue weighted by atomic mass is 35.5. The predicted octanol–water partition coefficient (Wildman–Crippen LogP) is 1.41. The fraction of sp³-hybridized carbons (Fsp3) is 0.600. The minimum absolute atomic E-state index is 0. The van der Waals surface area contributed by atoms with Crippen molar-refractivity contribution in [3.8, 4) is 17.2 Å². The van der Waals surface area contributed by atoms with Gasteiger partial charge in [0.05, 0.1) is 19.8 Å². The lowest BCUT2D eigenvalue weighted by molar-refractivity contribution is -0.119. The zero-order valence-corrected chi connectivity index (χ0v) is 14.4. The molecule has 1 saturated heterocycles. The van der Waals surface area contributed by atoms with Crippen LogP contribution in [0.3, 0.4) is 0 Å². The van der Waals surface area contributed by atoms with Gasteiger partial charge in [-0.25, -0.2) is 8.78 Å². The van der Waals surface area contributed by atoms with E-state index in [-0.39, 0.29) is 29.5 Å². The fourth-order valence-corrected chi connectivity index (χ4v) is 2.84. The molecule has 1 heterocycles. The van der Waals surface area contributed by atoms with Crippen molar-refractivity contribution in [1.82, 2.24) is 10.2 Å². The molecule has 24 heavy (non-hydrogen) atoms. The summed E-state index contributed by atoms with van der Waals surface area (Å²) in [6.45, 7) is 0.522. The summed E-state index contributed by atoms with van der Waals surface area (Å²) in [4.78, 5) is 1.54. The van der Waals surface area contributed by atoms with E-state index in [1.54, 1.807) is 0 Å². The minimum Gasteiger partial charge on any atom is -0.507 e. The number of phenols is 1. The van der Waals surface area contributed by atoms with Gasteiger partial charge in [-0.15, -0.1) is 12.4 Å². The van der Waals surface area contributed by atoms with Crippen molar-refractivity contribution in [3.63, 3.8) is 0 Å². The van der Waals surface area contributed by atoms with Crippen LogP contribution in [-0.4, -0.2) is 68.0 Å². The lowest BCUT2D eigenvalue weighted by Gasteiger charge is -2.39. The van der Waals surface area contributed by atoms with Crippen LogP contribution in [-0.2, 0) is 0 Å². The highest BCUT2D eigenvalue weighted by Crippen LogP contribution is 2.46. The second-order valence-corrected chi connectivity index (χ2v) is 5.37. The van der Waals surface area contributed by atoms with E-state index in [0.717, 1.165) is 0 Å². The molecule has 0 radical (unpaired) electrons. The van der Waals surface area contributed by atoms with Gasteiger partial charge in [0.1, 0.15) is 29.9 Å². The number of aromatic hydroxyl groups is 1. The van der Waals surface area contributed by atoms with Gasteiger partial charge in [-0.1, -0.05) is 0 Å². The normalized spacial score (nSPS) is 17.0. The van der Waals surface area contributed by atoms with E-state index in [0.29, 0.717) is 31.9 Å². The fourth-order valence-electron chi connectivity index (χ4n) is 2.84. The Morgan fingerprint density at radius 2 is 1.88 bits per heavy atom. The van der Waals surface area contributed by atoms with Crippen molar-refractivity contribution in [2.45, 2.75) is 12.0 Å². The Kier molecular flexibility index (Phi) is 7.47. The summed E-state index contributed by atoms with van der Waals surface area (Å²) in [6, 6.07) is 1.22. The SMILES string of the molecule is COc1cc(O)c([C@H](N2CCNCC2)C(F)(F)CO)c(OC)c1.Cl. The summed E-state index contributed by atoms with van der Waals surface area (Å²) >= 11 is 0. The Morgan fingerprint density at radius 3 is 2.38 bits per heavy atom. The Morgan fingerprint density at radius 1 is 1.25 bits per heavy atom. The molecule has 0 unspecified atom stereocenters. The van der Waals surface area contributed by atoms with Crippen LogP contribution >= 0.6 is 12.4 Å². The molecule has 0 saturated carbocycles. The van der Waals surface area contributed by atoms with Gasteiger partial charge in [0, 0.05) is 38.3 Å². The van der Waals surface area contributed by atoms with Crippen molar-refractivity contribution in [2.75, 3.05) is 47.0 Å². The molecule has 1 fully saturated rings. The van der Waals surface area contributed by atoms with Gasteiger partial charge in [-0.2, -0.15) is 0 Å². The molecule has 2 rings (SSSR count). The topological polar surface area (TPSA) is 74.2 Å². The molecular formula is C15H23ClF2N2O4. The molecule has 138 valence electrons. The summed E-state index contributed by atoms with van der Waals surface area (Å²) in [5.41, 5.74) is -0.0470. The molecule has 1 aliphatic rings. The molecule has 0 aromatic heterocycles. The van der Waals surface area contributed by atoms with Crippen LogP contribution in [0.1, 0.15) is 11.6 Å². The van der Waals surface area contributed by atoms with Crippen molar-refractivity contribution in [1.29, 1.82) is 0 Å². The first-order chi connectivity index (χ1) is 10.9. The molecule has 3 N–H and O–H groups in total. The van der Waals surface area contributed by atoms with Gasteiger partial charge in [0.25, 0.3) is 5.92 Å². The van der Waals surface area contributed by atoms with Crippen LogP contribution < -0.4 is 14.8 Å². The van der Waals surface area contributed by atoms with Crippen LogP contribution in [0.15, 0.2) is 12.1 Å². The highest BCUT2D eigenvalue weighted by molar-refractivity contribution is 5.85. The third kappa shape index (κ3) is 4.18. The second kappa shape index (κ2) is 8.66. The summed E-state index contributed by atoms with van der Waals surface area (Å²) < 4.78 is 39.1. The number of hydrogen-bond donors (Lipinski definition) is 3. The third-order valence-corrected chi connectivity index (χ3v) is 3.95. The van der Waals surface area contributed by atoms with E-state index >= 15 is 0 Å². The number of ether oxygens (including phenoxy) is 2. The Hall–Kier alpha value is -1.35. The summed E-state index contributed by atoms with van der Waals surface area (Å²) in [6.07, 6.45) is 0. The van der Waals surface area contributed by atoms with Crippen LogP contribution in [0.5, 0.6) is 17.2 Å². The number of hydrogen-bond acceptors (Lipinski definition) is 6. The van der Waals surface area contributed by atoms with Crippen LogP contribution in [0.2, 0.25) is 0 Å². The average molecular weight is 369 g/mol. The number of piperazine rings is 1. The Bertz CT molecular complexity index is 542. The van der Waals surface area contributed by atoms with Gasteiger partial charge < -0.3 is 25.0 Å². The van der Waals surface area contributed by atoms with E-state index in [9.17, 15) is 19.0 Å². The molecule has 0 aliphatic carbocycles. The molecule has 6 nitrogen and oxygen atoms in total. The number of aliphatic hydroxyl groups excluding tert-OH is 1. The number of phenolic OH excluding ortho intramolecular Hbond substituents is 1. The standard InChI is InChI=1S/C15H22F2N2O4.ClH/c1-22-10-7-11(21)13(12(8-10)23-2)14(15(16,17)9-20)19-5-3-18-4-6-19;/h7-8,14,18,20-21H,3-6,9H2,1-2H3;1H/t14-;/m0./s1. The number of rotatable bonds is 6. The Balaban J connectivity index is 0.00000288. The number of alkyl halides is 2. The number of methoxy groups -OCH3 is 2. The molecule has 9 heteroatoms. The quantitative estimate of drug-likeness (QED) is 0.705. The van der Waals surface area contributed by atoms with Crippen molar-refractivity contribution in [2.24, 2.45) is 0 Å². The maximum atomic E-state index is 14.5. The maximum Gasteiger partial charge on any atom is 0.290 e. The number of halogens is 3. The number of nitrogens with zero attached hydrogens (tertiary/aromatic N) is 1. The lowest BCUT2D eigenvalue weighted by Crippen LogP contribution is -2.51. The Labute approximate surface area is 145 Å². The average Bonchev–Trinajstić information content (AvgIpc) is 2.57. The smallest absolute Gasteiger partial charge is 0.290 e. The second-order valence-electron chi connectivity index (χ2n) is 5.37. The maximum absolute atomic E-state index is 14.5. The van der Waals surface area contributed by atoms with Crippen molar-refractivity contribution in [3.05, 3.63) is 17.7 Å². The van der Waals surface area contributed by atoms with Gasteiger partial charge >= 0.3 is 0 Å². The van der Waals surface area contributed by atoms with Crippen LogP contribution in [0.25, 0.3) is 0 Å². The van der Waals surface area contributed by atoms with E-state index in [1.807, 2.05) is 0 Å². The highest BCUT2D eigenvalue weighted by Gasteiger charge is 2.46. The first-order valence-electron chi connectivity index (χ1n) is 7.33. The largest absolute Gasteiger partial charge is 0.507 e. The van der Waals surface area contributed by atoms with E-state index in [4.69, 9.17) is 9.47 Å². The molecule has 0 amide bonds. The van der Waals surface area contributed by atoms with E-state index < -0.39 is 18.6 Å². The lowest BCUT2D eigenvalue weighted by atomic mass is 9.96. The van der Waals surface area contributed by atoms with Gasteiger partial charge in [-0.05, 0) is 0 Å². The zero-order valence-electron chi connectivity index (χ0n) is 13.6. The number of aliphatic hydroxyl groups is 1. The zero-order chi connectivity index (χ0) is 17.0. The molecule has 1 aliphatic heterocycles. The summed E-state index contributed by atoms with van der Waals surface area (Å²) in [7, 11) is 2.74. The first kappa shape index (κ1) is 20.7. The third-order valence-electron chi connectivity index (χ3n) is 3.95. The summed E-state index contributed by atoms with van der Waals surface area (Å²) in [5.74, 6) is -3.39. The van der Waals surface area contributed by atoms with Gasteiger partial charge in [-0.3, -0.25) is 4.90 Å². The van der Waals surface area contributed by atoms with Gasteiger partial charge in [0.2, 0.25) is 0 Å². The monoisotopic (exact) mass is 368 g/mol. The van der Waals surface area contributed by atoms with Crippen LogP contribution in [0, 0.1) is 0 Å². The molecule has 1 atom stereocenters. The molecule has 1 aromatic carbocycles. The number of nitrogens with one attached hydrogen (secondary N) is 1. The molecule has 0 bridgehead atoms. The first-order valence-corrected chi connectivity index (χ1v) is 7.33. The van der Waals surface area contributed by atoms with Crippen LogP contribution in [0.4, 0.5) is 8.78 Å². The molecular weight excluding hydrogens is 346 g/mol. The predicted molar refractivity (Wildman–Crippen MR) is 87.7 cm³/mol. The molecule has 0 spiro atoms. The summed E-state index contributed by atoms with van der Waals surface area (Å²) in [5, 5.41) is 22.5. The van der Waals surface area contributed by atoms with E-state index in [2.05, 4.69) is 5.32 Å². The van der Waals surface area contributed by atoms with Crippen molar-refractivity contribution < 1.29 is 28.5 Å². The number of benzene rings is 1.